The molecule has 0 saturated carbocycles. The molecule has 0 fully saturated rings. The quantitative estimate of drug-likeness (QED) is 0.170. The van der Waals surface area contributed by atoms with Crippen LogP contribution < -0.4 is 15.4 Å². The van der Waals surface area contributed by atoms with Gasteiger partial charge in [-0.25, -0.2) is 4.79 Å². The second kappa shape index (κ2) is 12.2. The van der Waals surface area contributed by atoms with Crippen LogP contribution in [-0.2, 0) is 0 Å². The third-order valence-corrected chi connectivity index (χ3v) is 6.42. The number of carbonyl (C=O) groups is 3. The van der Waals surface area contributed by atoms with Crippen LogP contribution in [0, 0.1) is 0 Å². The summed E-state index contributed by atoms with van der Waals surface area (Å²) in [6.07, 6.45) is 3.11. The second-order valence-electron chi connectivity index (χ2n) is 9.69. The van der Waals surface area contributed by atoms with E-state index in [1.165, 1.54) is 12.1 Å². The summed E-state index contributed by atoms with van der Waals surface area (Å²) >= 11 is 0. The highest BCUT2D eigenvalue weighted by Crippen LogP contribution is 2.35. The molecule has 0 bridgehead atoms. The van der Waals surface area contributed by atoms with Crippen molar-refractivity contribution in [3.8, 4) is 22.8 Å². The zero-order chi connectivity index (χ0) is 29.6. The molecule has 5 aromatic rings. The van der Waals surface area contributed by atoms with Crippen molar-refractivity contribution in [1.82, 2.24) is 4.98 Å². The van der Waals surface area contributed by atoms with Crippen molar-refractivity contribution in [2.75, 3.05) is 10.6 Å². The van der Waals surface area contributed by atoms with Crippen LogP contribution in [0.4, 0.5) is 11.4 Å². The third-order valence-electron chi connectivity index (χ3n) is 6.42. The van der Waals surface area contributed by atoms with Crippen molar-refractivity contribution in [2.24, 2.45) is 0 Å². The molecule has 0 unspecified atom stereocenters. The number of para-hydroxylation sites is 1. The number of amides is 2. The normalized spacial score (nSPS) is 10.7. The molecule has 0 aliphatic rings. The van der Waals surface area contributed by atoms with Gasteiger partial charge in [-0.3, -0.25) is 14.6 Å². The molecular formula is C33H27N3O6. The highest BCUT2D eigenvalue weighted by molar-refractivity contribution is 6.08. The van der Waals surface area contributed by atoms with E-state index in [1.54, 1.807) is 60.9 Å². The Hall–Kier alpha value is -5.70. The molecule has 0 saturated heterocycles. The lowest BCUT2D eigenvalue weighted by atomic mass is 9.92. The first-order chi connectivity index (χ1) is 20.3. The number of ether oxygens (including phenoxy) is 1. The summed E-state index contributed by atoms with van der Waals surface area (Å²) in [6, 6.07) is 25.3. The number of carboxylic acids is 1. The van der Waals surface area contributed by atoms with Crippen LogP contribution in [0.5, 0.6) is 11.5 Å². The van der Waals surface area contributed by atoms with Gasteiger partial charge in [0.15, 0.2) is 5.76 Å². The highest BCUT2D eigenvalue weighted by Gasteiger charge is 2.22. The maximum atomic E-state index is 13.1. The molecule has 210 valence electrons. The van der Waals surface area contributed by atoms with Crippen LogP contribution in [0.1, 0.15) is 56.6 Å². The molecule has 2 aromatic heterocycles. The van der Waals surface area contributed by atoms with E-state index < -0.39 is 17.8 Å². The molecule has 2 heterocycles. The predicted octanol–water partition coefficient (Wildman–Crippen LogP) is 7.46. The van der Waals surface area contributed by atoms with E-state index in [0.29, 0.717) is 34.1 Å². The fourth-order valence-electron chi connectivity index (χ4n) is 4.31. The zero-order valence-corrected chi connectivity index (χ0v) is 22.8. The first-order valence-electron chi connectivity index (χ1n) is 13.2. The number of hydrogen-bond donors (Lipinski definition) is 3. The average Bonchev–Trinajstić information content (AvgIpc) is 3.49. The van der Waals surface area contributed by atoms with Crippen molar-refractivity contribution in [1.29, 1.82) is 0 Å². The largest absolute Gasteiger partial charge is 0.478 e. The van der Waals surface area contributed by atoms with E-state index >= 15 is 0 Å². The number of benzene rings is 3. The Morgan fingerprint density at radius 1 is 0.810 bits per heavy atom. The Morgan fingerprint density at radius 3 is 2.17 bits per heavy atom. The molecule has 0 radical (unpaired) electrons. The van der Waals surface area contributed by atoms with E-state index in [9.17, 15) is 19.5 Å². The molecule has 0 aliphatic heterocycles. The number of furan rings is 1. The molecule has 0 spiro atoms. The van der Waals surface area contributed by atoms with Crippen LogP contribution in [0.15, 0.2) is 108 Å². The number of carboxylic acid groups (broad SMARTS) is 1. The molecule has 3 N–H and O–H groups in total. The Balaban J connectivity index is 1.39. The molecule has 0 atom stereocenters. The lowest BCUT2D eigenvalue weighted by molar-refractivity contribution is 0.0697. The average molecular weight is 562 g/mol. The summed E-state index contributed by atoms with van der Waals surface area (Å²) in [5, 5.41) is 15.5. The van der Waals surface area contributed by atoms with Crippen molar-refractivity contribution in [3.05, 3.63) is 126 Å². The molecule has 42 heavy (non-hydrogen) atoms. The Kier molecular flexibility index (Phi) is 8.10. The summed E-state index contributed by atoms with van der Waals surface area (Å²) in [6.45, 7) is 3.88. The highest BCUT2D eigenvalue weighted by atomic mass is 16.5. The molecule has 3 aromatic carbocycles. The summed E-state index contributed by atoms with van der Waals surface area (Å²) < 4.78 is 11.6. The van der Waals surface area contributed by atoms with Gasteiger partial charge < -0.3 is 24.9 Å². The second-order valence-corrected chi connectivity index (χ2v) is 9.69. The van der Waals surface area contributed by atoms with Crippen molar-refractivity contribution in [3.63, 3.8) is 0 Å². The molecule has 5 rings (SSSR count). The van der Waals surface area contributed by atoms with Crippen LogP contribution in [0.2, 0.25) is 0 Å². The molecule has 9 heteroatoms. The minimum absolute atomic E-state index is 0.0606. The van der Waals surface area contributed by atoms with Crippen molar-refractivity contribution >= 4 is 29.2 Å². The minimum atomic E-state index is -1.23. The molecule has 9 nitrogen and oxygen atoms in total. The van der Waals surface area contributed by atoms with Gasteiger partial charge in [0.1, 0.15) is 17.3 Å². The number of anilines is 2. The van der Waals surface area contributed by atoms with Gasteiger partial charge in [0, 0.05) is 29.2 Å². The number of aromatic carboxylic acids is 1. The topological polar surface area (TPSA) is 131 Å². The lowest BCUT2D eigenvalue weighted by Crippen LogP contribution is -2.15. The zero-order valence-electron chi connectivity index (χ0n) is 22.8. The monoisotopic (exact) mass is 561 g/mol. The van der Waals surface area contributed by atoms with Crippen LogP contribution in [-0.4, -0.2) is 27.9 Å². The molecule has 0 aliphatic carbocycles. The van der Waals surface area contributed by atoms with E-state index in [2.05, 4.69) is 15.6 Å². The summed E-state index contributed by atoms with van der Waals surface area (Å²) in [5.74, 6) is -0.607. The van der Waals surface area contributed by atoms with Gasteiger partial charge in [-0.05, 0) is 84.3 Å². The number of rotatable bonds is 9. The van der Waals surface area contributed by atoms with E-state index in [-0.39, 0.29) is 22.9 Å². The van der Waals surface area contributed by atoms with Gasteiger partial charge >= 0.3 is 5.97 Å². The fourth-order valence-corrected chi connectivity index (χ4v) is 4.31. The third kappa shape index (κ3) is 6.37. The smallest absolute Gasteiger partial charge is 0.337 e. The van der Waals surface area contributed by atoms with E-state index in [0.717, 1.165) is 5.56 Å². The van der Waals surface area contributed by atoms with E-state index in [1.807, 2.05) is 44.2 Å². The number of nitrogens with zero attached hydrogens (tertiary/aromatic N) is 1. The number of aromatic nitrogens is 1. The number of hydrogen-bond acceptors (Lipinski definition) is 6. The Bertz CT molecular complexity index is 1730. The number of carbonyl (C=O) groups excluding carboxylic acids is 2. The summed E-state index contributed by atoms with van der Waals surface area (Å²) in [7, 11) is 0. The Morgan fingerprint density at radius 2 is 1.50 bits per heavy atom. The first-order valence-corrected chi connectivity index (χ1v) is 13.2. The summed E-state index contributed by atoms with van der Waals surface area (Å²) in [4.78, 5) is 42.0. The van der Waals surface area contributed by atoms with Crippen molar-refractivity contribution in [2.45, 2.75) is 19.8 Å². The van der Waals surface area contributed by atoms with E-state index in [4.69, 9.17) is 9.15 Å². The standard InChI is InChI=1S/C33H27N3O6/c1-20(2)25-19-28(36-31(37)21-8-10-24(11-9-21)41-23-6-4-3-5-7-23)27(33(39)40)18-26(25)29-12-13-30(42-29)32(38)35-22-14-16-34-17-15-22/h3-20H,1-2H3,(H,36,37)(H,39,40)(H,34,35,38). The van der Waals surface area contributed by atoms with Crippen LogP contribution >= 0.6 is 0 Å². The first kappa shape index (κ1) is 27.9. The number of pyridine rings is 1. The fraction of sp³-hybridized carbons (Fsp3) is 0.0909. The lowest BCUT2D eigenvalue weighted by Gasteiger charge is -2.17. The Labute approximate surface area is 241 Å². The van der Waals surface area contributed by atoms with Gasteiger partial charge in [0.05, 0.1) is 11.3 Å². The van der Waals surface area contributed by atoms with Gasteiger partial charge in [0.25, 0.3) is 11.8 Å². The predicted molar refractivity (Wildman–Crippen MR) is 158 cm³/mol. The van der Waals surface area contributed by atoms with Gasteiger partial charge in [-0.1, -0.05) is 32.0 Å². The van der Waals surface area contributed by atoms with Crippen LogP contribution in [0.3, 0.4) is 0 Å². The van der Waals surface area contributed by atoms with Gasteiger partial charge in [-0.2, -0.15) is 0 Å². The molecule has 2 amide bonds. The maximum Gasteiger partial charge on any atom is 0.337 e. The minimum Gasteiger partial charge on any atom is -0.478 e. The molecular weight excluding hydrogens is 534 g/mol. The van der Waals surface area contributed by atoms with Gasteiger partial charge in [0.2, 0.25) is 0 Å². The SMILES string of the molecule is CC(C)c1cc(NC(=O)c2ccc(Oc3ccccc3)cc2)c(C(=O)O)cc1-c1ccc(C(=O)Nc2ccncc2)o1. The van der Waals surface area contributed by atoms with Gasteiger partial charge in [-0.15, -0.1) is 0 Å². The van der Waals surface area contributed by atoms with Crippen LogP contribution in [0.25, 0.3) is 11.3 Å². The maximum absolute atomic E-state index is 13.1. The van der Waals surface area contributed by atoms with Crippen molar-refractivity contribution < 1.29 is 28.6 Å². The number of nitrogens with one attached hydrogen (secondary N) is 2. The summed E-state index contributed by atoms with van der Waals surface area (Å²) in [5.41, 5.74) is 2.15.